The van der Waals surface area contributed by atoms with Crippen LogP contribution in [0.15, 0.2) is 138 Å². The molecule has 0 saturated carbocycles. The number of hydrogen-bond acceptors (Lipinski definition) is 6. The Balaban J connectivity index is 0.968. The minimum absolute atomic E-state index is 0.200. The molecular weight excluding hydrogens is 687 g/mol. The van der Waals surface area contributed by atoms with Gasteiger partial charge in [-0.25, -0.2) is 4.57 Å². The summed E-state index contributed by atoms with van der Waals surface area (Å²) in [6.07, 6.45) is 34.6. The molecule has 7 heteroatoms. The first-order chi connectivity index (χ1) is 26.6. The Kier molecular flexibility index (Phi) is 17.3. The molecule has 2 aromatic carbocycles. The van der Waals surface area contributed by atoms with Crippen LogP contribution in [0, 0.1) is 0 Å². The lowest BCUT2D eigenvalue weighted by molar-refractivity contribution is 0.0905. The number of aromatic nitrogens is 1. The van der Waals surface area contributed by atoms with E-state index in [1.807, 2.05) is 24.3 Å². The number of pyridine rings is 1. The van der Waals surface area contributed by atoms with Crippen LogP contribution in [0.5, 0.6) is 5.75 Å². The van der Waals surface area contributed by atoms with Crippen molar-refractivity contribution in [3.05, 3.63) is 143 Å². The molecule has 2 aromatic heterocycles. The highest BCUT2D eigenvalue weighted by Gasteiger charge is 2.18. The molecule has 1 aliphatic heterocycles. The summed E-state index contributed by atoms with van der Waals surface area (Å²) in [5.41, 5.74) is 1.65. The van der Waals surface area contributed by atoms with Gasteiger partial charge in [0.25, 0.3) is 5.56 Å². The van der Waals surface area contributed by atoms with Crippen molar-refractivity contribution in [2.75, 3.05) is 44.2 Å². The van der Waals surface area contributed by atoms with Gasteiger partial charge in [-0.15, -0.1) is 11.3 Å². The third-order valence-electron chi connectivity index (χ3n) is 9.56. The van der Waals surface area contributed by atoms with Crippen molar-refractivity contribution < 1.29 is 9.53 Å². The van der Waals surface area contributed by atoms with E-state index in [4.69, 9.17) is 4.74 Å². The fourth-order valence-electron chi connectivity index (χ4n) is 6.61. The number of unbranched alkanes of at least 4 members (excludes halogenated alkanes) is 1. The standard InChI is InChI=1S/C47H57N3O3S/c1-2-3-4-5-6-7-8-9-10-11-12-13-14-15-16-17-18-19-20-26-46(51)50-44-39-41(29-27-40(44)28-30-47(50)52)53-37-22-21-32-48-33-35-49(36-34-48)43-24-23-25-45-42(43)31-38-54-45/h3-4,6-7,9-10,12-13,15-16,18-19,23-25,27-31,38-39H,2,5,8,11,14,17,20-22,26,32-37H2,1H3. The van der Waals surface area contributed by atoms with Crippen LogP contribution in [-0.4, -0.2) is 54.7 Å². The average Bonchev–Trinajstić information content (AvgIpc) is 3.68. The summed E-state index contributed by atoms with van der Waals surface area (Å²) >= 11 is 1.81. The highest BCUT2D eigenvalue weighted by molar-refractivity contribution is 7.17. The molecule has 0 bridgehead atoms. The first-order valence-electron chi connectivity index (χ1n) is 19.8. The first-order valence-corrected chi connectivity index (χ1v) is 20.7. The van der Waals surface area contributed by atoms with Crippen molar-refractivity contribution in [3.8, 4) is 5.75 Å². The number of nitrogens with zero attached hydrogens (tertiary/aromatic N) is 3. The smallest absolute Gasteiger partial charge is 0.257 e. The van der Waals surface area contributed by atoms with Gasteiger partial charge in [0, 0.05) is 60.5 Å². The summed E-state index contributed by atoms with van der Waals surface area (Å²) in [6.45, 7) is 8.03. The maximum Gasteiger partial charge on any atom is 0.257 e. The van der Waals surface area contributed by atoms with Crippen molar-refractivity contribution in [2.45, 2.75) is 71.1 Å². The topological polar surface area (TPSA) is 54.8 Å². The van der Waals surface area contributed by atoms with Crippen LogP contribution >= 0.6 is 11.3 Å². The Labute approximate surface area is 326 Å². The van der Waals surface area contributed by atoms with E-state index in [2.05, 4.69) is 113 Å². The molecule has 54 heavy (non-hydrogen) atoms. The van der Waals surface area contributed by atoms with Crippen molar-refractivity contribution in [3.63, 3.8) is 0 Å². The van der Waals surface area contributed by atoms with E-state index in [0.717, 1.165) is 89.5 Å². The number of rotatable bonds is 21. The number of benzene rings is 2. The lowest BCUT2D eigenvalue weighted by atomic mass is 10.1. The Hall–Kier alpha value is -4.72. The molecule has 0 aliphatic carbocycles. The van der Waals surface area contributed by atoms with Crippen molar-refractivity contribution >= 4 is 43.9 Å². The summed E-state index contributed by atoms with van der Waals surface area (Å²) in [5, 5.41) is 4.39. The largest absolute Gasteiger partial charge is 0.494 e. The molecule has 1 fully saturated rings. The van der Waals surface area contributed by atoms with Gasteiger partial charge in [0.05, 0.1) is 12.1 Å². The minimum Gasteiger partial charge on any atom is -0.494 e. The molecule has 0 amide bonds. The molecule has 4 aromatic rings. The molecule has 3 heterocycles. The minimum atomic E-state index is -0.306. The highest BCUT2D eigenvalue weighted by atomic mass is 32.1. The SMILES string of the molecule is CCC=CCC=CCC=CCC=CCC=CCC=CCCC(=O)n1c(=O)ccc2ccc(OCCCCN3CCN(c4cccc5sccc45)CC3)cc21. The molecule has 0 N–H and O–H groups in total. The molecule has 5 rings (SSSR count). The van der Waals surface area contributed by atoms with E-state index in [0.29, 0.717) is 24.3 Å². The maximum absolute atomic E-state index is 13.2. The van der Waals surface area contributed by atoms with Gasteiger partial charge in [0.15, 0.2) is 0 Å². The Bertz CT molecular complexity index is 1990. The zero-order valence-corrected chi connectivity index (χ0v) is 32.8. The van der Waals surface area contributed by atoms with Gasteiger partial charge in [-0.1, -0.05) is 85.9 Å². The van der Waals surface area contributed by atoms with E-state index < -0.39 is 0 Å². The Morgan fingerprint density at radius 1 is 0.741 bits per heavy atom. The molecule has 0 atom stereocenters. The van der Waals surface area contributed by atoms with Gasteiger partial charge in [0.2, 0.25) is 5.91 Å². The number of piperazine rings is 1. The second kappa shape index (κ2) is 23.1. The number of fused-ring (bicyclic) bond motifs is 2. The Morgan fingerprint density at radius 3 is 2.07 bits per heavy atom. The molecule has 6 nitrogen and oxygen atoms in total. The summed E-state index contributed by atoms with van der Waals surface area (Å²) in [4.78, 5) is 31.1. The monoisotopic (exact) mass is 743 g/mol. The molecular formula is C47H57N3O3S. The van der Waals surface area contributed by atoms with E-state index in [-0.39, 0.29) is 17.9 Å². The fraction of sp³-hybridized carbons (Fsp3) is 0.362. The predicted octanol–water partition coefficient (Wildman–Crippen LogP) is 11.3. The van der Waals surface area contributed by atoms with Crippen LogP contribution < -0.4 is 15.2 Å². The zero-order chi connectivity index (χ0) is 37.6. The second-order valence-electron chi connectivity index (χ2n) is 13.6. The number of carbonyl (C=O) groups is 1. The number of ether oxygens (including phenoxy) is 1. The van der Waals surface area contributed by atoms with Gasteiger partial charge in [0.1, 0.15) is 5.75 Å². The van der Waals surface area contributed by atoms with Crippen LogP contribution in [-0.2, 0) is 0 Å². The van der Waals surface area contributed by atoms with Crippen LogP contribution in [0.1, 0.15) is 75.9 Å². The second-order valence-corrected chi connectivity index (χ2v) is 14.5. The molecule has 1 aliphatic rings. The van der Waals surface area contributed by atoms with Gasteiger partial charge in [-0.2, -0.15) is 0 Å². The maximum atomic E-state index is 13.2. The number of hydrogen-bond donors (Lipinski definition) is 0. The summed E-state index contributed by atoms with van der Waals surface area (Å²) in [5.74, 6) is 0.484. The number of allylic oxidation sites excluding steroid dienone is 12. The molecule has 1 saturated heterocycles. The van der Waals surface area contributed by atoms with Crippen LogP contribution in [0.25, 0.3) is 21.0 Å². The third kappa shape index (κ3) is 13.0. The third-order valence-corrected chi connectivity index (χ3v) is 10.4. The van der Waals surface area contributed by atoms with Crippen molar-refractivity contribution in [1.29, 1.82) is 0 Å². The lowest BCUT2D eigenvalue weighted by Gasteiger charge is -2.36. The van der Waals surface area contributed by atoms with Gasteiger partial charge >= 0.3 is 0 Å². The average molecular weight is 744 g/mol. The summed E-state index contributed by atoms with van der Waals surface area (Å²) in [6, 6.07) is 17.8. The number of thiophene rings is 1. The van der Waals surface area contributed by atoms with Crippen molar-refractivity contribution in [1.82, 2.24) is 9.47 Å². The quantitative estimate of drug-likeness (QED) is 0.0628. The van der Waals surface area contributed by atoms with Gasteiger partial charge in [-0.05, 0) is 111 Å². The zero-order valence-electron chi connectivity index (χ0n) is 32.0. The summed E-state index contributed by atoms with van der Waals surface area (Å²) in [7, 11) is 0. The molecule has 0 spiro atoms. The van der Waals surface area contributed by atoms with Gasteiger partial charge in [-0.3, -0.25) is 14.5 Å². The van der Waals surface area contributed by atoms with E-state index >= 15 is 0 Å². The van der Waals surface area contributed by atoms with E-state index in [1.165, 1.54) is 26.4 Å². The Morgan fingerprint density at radius 2 is 1.39 bits per heavy atom. The molecule has 0 radical (unpaired) electrons. The highest BCUT2D eigenvalue weighted by Crippen LogP contribution is 2.31. The summed E-state index contributed by atoms with van der Waals surface area (Å²) < 4.78 is 8.77. The van der Waals surface area contributed by atoms with E-state index in [1.54, 1.807) is 17.4 Å². The molecule has 0 unspecified atom stereocenters. The van der Waals surface area contributed by atoms with Gasteiger partial charge < -0.3 is 9.64 Å². The van der Waals surface area contributed by atoms with Crippen LogP contribution in [0.2, 0.25) is 0 Å². The fourth-order valence-corrected chi connectivity index (χ4v) is 7.42. The molecule has 284 valence electrons. The normalized spacial score (nSPS) is 14.6. The van der Waals surface area contributed by atoms with Crippen LogP contribution in [0.4, 0.5) is 5.69 Å². The predicted molar refractivity (Wildman–Crippen MR) is 231 cm³/mol. The van der Waals surface area contributed by atoms with Crippen molar-refractivity contribution in [2.24, 2.45) is 0 Å². The van der Waals surface area contributed by atoms with Crippen LogP contribution in [0.3, 0.4) is 0 Å². The number of anilines is 1. The number of carbonyl (C=O) groups excluding carboxylic acids is 1. The van der Waals surface area contributed by atoms with E-state index in [9.17, 15) is 9.59 Å². The lowest BCUT2D eigenvalue weighted by Crippen LogP contribution is -2.46. The first kappa shape index (κ1) is 40.5.